The lowest BCUT2D eigenvalue weighted by Crippen LogP contribution is -2.55. The molecule has 5 rings (SSSR count). The van der Waals surface area contributed by atoms with E-state index in [0.717, 1.165) is 19.3 Å². The number of anilines is 1. The van der Waals surface area contributed by atoms with Gasteiger partial charge in [0.2, 0.25) is 5.01 Å². The van der Waals surface area contributed by atoms with Gasteiger partial charge in [-0.15, -0.1) is 0 Å². The van der Waals surface area contributed by atoms with Crippen molar-refractivity contribution >= 4 is 35.0 Å². The molecule has 1 saturated carbocycles. The van der Waals surface area contributed by atoms with Crippen LogP contribution in [-0.2, 0) is 10.9 Å². The molecule has 3 aromatic heterocycles. The van der Waals surface area contributed by atoms with Gasteiger partial charge in [0.05, 0.1) is 6.61 Å². The maximum Gasteiger partial charge on any atom is 0.491 e. The molecule has 1 saturated heterocycles. The number of alkyl halides is 3. The summed E-state index contributed by atoms with van der Waals surface area (Å²) in [6.07, 6.45) is 3.59. The zero-order chi connectivity index (χ0) is 33.6. The van der Waals surface area contributed by atoms with Gasteiger partial charge in [-0.2, -0.15) is 13.2 Å². The number of nitrogens with zero attached hydrogens (tertiary/aromatic N) is 7. The summed E-state index contributed by atoms with van der Waals surface area (Å²) in [7, 11) is -1.53. The quantitative estimate of drug-likeness (QED) is 0.354. The van der Waals surface area contributed by atoms with Gasteiger partial charge in [0.25, 0.3) is 0 Å². The summed E-state index contributed by atoms with van der Waals surface area (Å²) in [5.41, 5.74) is 0.170. The minimum Gasteiger partial charge on any atom is -0.464 e. The van der Waals surface area contributed by atoms with E-state index in [2.05, 4.69) is 24.9 Å². The van der Waals surface area contributed by atoms with Crippen molar-refractivity contribution in [2.45, 2.75) is 77.8 Å². The van der Waals surface area contributed by atoms with E-state index in [1.54, 1.807) is 25.7 Å². The maximum atomic E-state index is 13.5. The Balaban J connectivity index is 0.000000337. The average molecular weight is 668 g/mol. The number of rotatable bonds is 7. The summed E-state index contributed by atoms with van der Waals surface area (Å²) < 4.78 is 56.7. The molecule has 2 aliphatic rings. The minimum absolute atomic E-state index is 0.0975. The van der Waals surface area contributed by atoms with Crippen molar-refractivity contribution in [3.63, 3.8) is 0 Å². The van der Waals surface area contributed by atoms with Gasteiger partial charge in [-0.05, 0) is 53.9 Å². The van der Waals surface area contributed by atoms with Crippen LogP contribution in [0.4, 0.5) is 23.0 Å². The highest BCUT2D eigenvalue weighted by Gasteiger charge is 2.39. The first kappa shape index (κ1) is 35.1. The molecule has 46 heavy (non-hydrogen) atoms. The number of hydrogen-bond acceptors (Lipinski definition) is 13. The van der Waals surface area contributed by atoms with Gasteiger partial charge in [0.1, 0.15) is 22.4 Å². The summed E-state index contributed by atoms with van der Waals surface area (Å²) >= 11 is 0.585. The van der Waals surface area contributed by atoms with E-state index in [1.165, 1.54) is 24.8 Å². The smallest absolute Gasteiger partial charge is 0.464 e. The molecule has 0 radical (unpaired) electrons. The van der Waals surface area contributed by atoms with Crippen LogP contribution >= 0.6 is 11.3 Å². The fraction of sp³-hybridized carbons (Fsp3) is 0.571. The molecule has 1 aliphatic carbocycles. The molecule has 0 unspecified atom stereocenters. The van der Waals surface area contributed by atoms with E-state index < -0.39 is 30.0 Å². The van der Waals surface area contributed by atoms with Crippen LogP contribution in [0.5, 0.6) is 12.0 Å². The fourth-order valence-electron chi connectivity index (χ4n) is 4.37. The lowest BCUT2D eigenvalue weighted by atomic mass is 9.83. The third-order valence-corrected chi connectivity index (χ3v) is 8.00. The van der Waals surface area contributed by atoms with Gasteiger partial charge >= 0.3 is 31.4 Å². The predicted octanol–water partition coefficient (Wildman–Crippen LogP) is 3.55. The number of ether oxygens (including phenoxy) is 3. The Morgan fingerprint density at radius 1 is 1.04 bits per heavy atom. The standard InChI is InChI=1S/C22H28F3N5O3S.C6H9BN2O3/c1-13-12-29(8-9-30(13)20(31)33-21(2,3)4)17-16(28-18(34-17)22(23,24)25)14-10-26-19(27-11-14)32-15-6-5-7-15;1-2-12-6-8-3-5(4-9-6)7(10)11/h10-11,13,15H,5-9,12H2,1-4H3;3-4,10-11H,2H2,1H3/t13-;/m1./s1. The van der Waals surface area contributed by atoms with E-state index in [0.29, 0.717) is 48.1 Å². The Hall–Kier alpha value is -3.77. The van der Waals surface area contributed by atoms with Gasteiger partial charge in [0, 0.05) is 61.5 Å². The van der Waals surface area contributed by atoms with Crippen LogP contribution in [0.3, 0.4) is 0 Å². The molecule has 18 heteroatoms. The van der Waals surface area contributed by atoms with Gasteiger partial charge < -0.3 is 34.1 Å². The van der Waals surface area contributed by atoms with Crippen molar-refractivity contribution in [3.05, 3.63) is 29.8 Å². The molecular formula is C28H37BF3N7O6S. The molecule has 1 aliphatic heterocycles. The number of carbonyl (C=O) groups is 1. The normalized spacial score (nSPS) is 17.0. The van der Waals surface area contributed by atoms with Crippen molar-refractivity contribution < 1.29 is 42.2 Å². The molecule has 1 atom stereocenters. The number of hydrogen-bond donors (Lipinski definition) is 2. The number of amides is 1. The number of carbonyl (C=O) groups excluding carboxylic acids is 1. The van der Waals surface area contributed by atoms with Crippen molar-refractivity contribution in [2.75, 3.05) is 31.1 Å². The second kappa shape index (κ2) is 14.8. The number of thiazole rings is 1. The average Bonchev–Trinajstić information content (AvgIpc) is 3.42. The highest BCUT2D eigenvalue weighted by molar-refractivity contribution is 7.16. The molecule has 3 aromatic rings. The van der Waals surface area contributed by atoms with Gasteiger partial charge in [-0.1, -0.05) is 11.3 Å². The van der Waals surface area contributed by atoms with E-state index in [9.17, 15) is 18.0 Å². The zero-order valence-electron chi connectivity index (χ0n) is 26.2. The van der Waals surface area contributed by atoms with Crippen LogP contribution in [0, 0.1) is 0 Å². The fourth-order valence-corrected chi connectivity index (χ4v) is 5.36. The monoisotopic (exact) mass is 667 g/mol. The van der Waals surface area contributed by atoms with Crippen molar-refractivity contribution in [2.24, 2.45) is 0 Å². The Kier molecular flexibility index (Phi) is 11.3. The molecular weight excluding hydrogens is 630 g/mol. The lowest BCUT2D eigenvalue weighted by Gasteiger charge is -2.40. The maximum absolute atomic E-state index is 13.5. The Morgan fingerprint density at radius 2 is 1.67 bits per heavy atom. The molecule has 2 N–H and O–H groups in total. The second-order valence-corrected chi connectivity index (χ2v) is 12.6. The largest absolute Gasteiger partial charge is 0.491 e. The molecule has 0 bridgehead atoms. The molecule has 1 amide bonds. The number of halogens is 3. The predicted molar refractivity (Wildman–Crippen MR) is 164 cm³/mol. The molecule has 0 aromatic carbocycles. The Labute approximate surface area is 268 Å². The van der Waals surface area contributed by atoms with E-state index in [1.807, 2.05) is 18.7 Å². The number of aromatic nitrogens is 5. The third kappa shape index (κ3) is 9.39. The summed E-state index contributed by atoms with van der Waals surface area (Å²) in [5.74, 6) is 0. The van der Waals surface area contributed by atoms with Gasteiger partial charge in [-0.25, -0.2) is 29.7 Å². The third-order valence-electron chi connectivity index (χ3n) is 6.84. The first-order valence-corrected chi connectivity index (χ1v) is 15.6. The highest BCUT2D eigenvalue weighted by atomic mass is 32.1. The van der Waals surface area contributed by atoms with Crippen LogP contribution in [0.25, 0.3) is 11.3 Å². The molecule has 13 nitrogen and oxygen atoms in total. The van der Waals surface area contributed by atoms with Crippen molar-refractivity contribution in [1.82, 2.24) is 29.8 Å². The van der Waals surface area contributed by atoms with Crippen LogP contribution in [0.1, 0.15) is 58.9 Å². The molecule has 250 valence electrons. The molecule has 2 fully saturated rings. The summed E-state index contributed by atoms with van der Waals surface area (Å²) in [6.45, 7) is 10.5. The van der Waals surface area contributed by atoms with E-state index in [4.69, 9.17) is 24.3 Å². The number of piperazine rings is 1. The van der Waals surface area contributed by atoms with E-state index in [-0.39, 0.29) is 35.3 Å². The summed E-state index contributed by atoms with van der Waals surface area (Å²) in [4.78, 5) is 35.7. The van der Waals surface area contributed by atoms with Crippen molar-refractivity contribution in [3.8, 4) is 23.3 Å². The lowest BCUT2D eigenvalue weighted by molar-refractivity contribution is -0.137. The SMILES string of the molecule is CCOc1ncc(B(O)O)cn1.C[C@@H]1CN(c2sc(C(F)(F)F)nc2-c2cnc(OC3CCC3)nc2)CCN1C(=O)OC(C)(C)C. The van der Waals surface area contributed by atoms with Crippen LogP contribution in [-0.4, -0.2) is 97.1 Å². The van der Waals surface area contributed by atoms with Gasteiger partial charge in [-0.3, -0.25) is 0 Å². The van der Waals surface area contributed by atoms with Crippen LogP contribution in [0.15, 0.2) is 24.8 Å². The Morgan fingerprint density at radius 3 is 2.17 bits per heavy atom. The van der Waals surface area contributed by atoms with Crippen molar-refractivity contribution in [1.29, 1.82) is 0 Å². The summed E-state index contributed by atoms with van der Waals surface area (Å²) in [6, 6.07) is 0.185. The summed E-state index contributed by atoms with van der Waals surface area (Å²) in [5, 5.41) is 16.8. The minimum atomic E-state index is -4.57. The molecule has 4 heterocycles. The first-order chi connectivity index (χ1) is 21.6. The van der Waals surface area contributed by atoms with Crippen LogP contribution in [0.2, 0.25) is 0 Å². The van der Waals surface area contributed by atoms with Crippen LogP contribution < -0.4 is 19.8 Å². The second-order valence-electron chi connectivity index (χ2n) is 11.7. The zero-order valence-corrected chi connectivity index (χ0v) is 27.0. The Bertz CT molecular complexity index is 1440. The van der Waals surface area contributed by atoms with Gasteiger partial charge in [0.15, 0.2) is 0 Å². The first-order valence-electron chi connectivity index (χ1n) is 14.8. The van der Waals surface area contributed by atoms with E-state index >= 15 is 0 Å². The highest BCUT2D eigenvalue weighted by Crippen LogP contribution is 2.43. The molecule has 0 spiro atoms. The topological polar surface area (TPSA) is 156 Å².